The molecule has 32 heavy (non-hydrogen) atoms. The van der Waals surface area contributed by atoms with Crippen molar-refractivity contribution in [3.8, 4) is 11.1 Å². The molecule has 3 heteroatoms. The molecule has 0 nitrogen and oxygen atoms in total. The zero-order chi connectivity index (χ0) is 22.7. The molecule has 0 bridgehead atoms. The Morgan fingerprint density at radius 1 is 0.812 bits per heavy atom. The molecule has 2 atom stereocenters. The van der Waals surface area contributed by atoms with Gasteiger partial charge >= 0.3 is 0 Å². The highest BCUT2D eigenvalue weighted by Crippen LogP contribution is 2.39. The van der Waals surface area contributed by atoms with Crippen LogP contribution in [0.2, 0.25) is 0 Å². The van der Waals surface area contributed by atoms with Crippen LogP contribution in [0.1, 0.15) is 82.3 Å². The molecule has 0 saturated heterocycles. The van der Waals surface area contributed by atoms with Gasteiger partial charge < -0.3 is 0 Å². The Balaban J connectivity index is 1.42. The monoisotopic (exact) mass is 440 g/mol. The number of aryl methyl sites for hydroxylation is 1. The number of benzene rings is 2. The molecular formula is C29H35F3. The molecule has 2 aliphatic carbocycles. The van der Waals surface area contributed by atoms with Crippen molar-refractivity contribution in [2.24, 2.45) is 17.8 Å². The van der Waals surface area contributed by atoms with E-state index in [4.69, 9.17) is 0 Å². The van der Waals surface area contributed by atoms with Crippen LogP contribution in [0.3, 0.4) is 0 Å². The predicted molar refractivity (Wildman–Crippen MR) is 126 cm³/mol. The second-order valence-corrected chi connectivity index (χ2v) is 10.0. The fraction of sp³-hybridized carbons (Fsp3) is 0.517. The van der Waals surface area contributed by atoms with E-state index < -0.39 is 11.6 Å². The lowest BCUT2D eigenvalue weighted by atomic mass is 9.79. The van der Waals surface area contributed by atoms with Gasteiger partial charge in [-0.3, -0.25) is 0 Å². The van der Waals surface area contributed by atoms with E-state index in [-0.39, 0.29) is 17.7 Å². The first kappa shape index (κ1) is 23.1. The van der Waals surface area contributed by atoms with E-state index in [2.05, 4.69) is 6.92 Å². The van der Waals surface area contributed by atoms with Crippen LogP contribution in [0.4, 0.5) is 13.2 Å². The maximum atomic E-state index is 15.0. The van der Waals surface area contributed by atoms with E-state index in [1.54, 1.807) is 12.1 Å². The average molecular weight is 441 g/mol. The summed E-state index contributed by atoms with van der Waals surface area (Å²) in [6.07, 6.45) is 10.5. The second kappa shape index (κ2) is 10.3. The first-order valence-electron chi connectivity index (χ1n) is 12.4. The van der Waals surface area contributed by atoms with E-state index in [1.165, 1.54) is 0 Å². The highest BCUT2D eigenvalue weighted by Gasteiger charge is 2.25. The number of hydrogen-bond acceptors (Lipinski definition) is 0. The van der Waals surface area contributed by atoms with Crippen molar-refractivity contribution in [2.75, 3.05) is 0 Å². The summed E-state index contributed by atoms with van der Waals surface area (Å²) in [7, 11) is 0. The summed E-state index contributed by atoms with van der Waals surface area (Å²) in [5.74, 6) is -0.150. The number of allylic oxidation sites excluding steroid dienone is 2. The summed E-state index contributed by atoms with van der Waals surface area (Å²) in [6.45, 7) is 4.27. The number of rotatable bonds is 6. The molecule has 2 aliphatic rings. The van der Waals surface area contributed by atoms with Gasteiger partial charge in [0.15, 0.2) is 11.6 Å². The number of halogens is 3. The standard InChI is InChI=1S/C29H35F3/c1-3-22-13-10-21(18-27(22)30)7-6-20-8-14-24(15-9-20)26-17-16-25(28(31)29(26)32)23-11-4-19(2)5-12-23/h8-9,14-19,21-23H,3-7,10-13H2,1-2H3. The first-order valence-corrected chi connectivity index (χ1v) is 12.4. The van der Waals surface area contributed by atoms with Crippen LogP contribution in [-0.2, 0) is 6.42 Å². The zero-order valence-corrected chi connectivity index (χ0v) is 19.3. The molecule has 0 heterocycles. The van der Waals surface area contributed by atoms with Crippen LogP contribution < -0.4 is 0 Å². The molecule has 0 amide bonds. The minimum atomic E-state index is -0.734. The summed E-state index contributed by atoms with van der Waals surface area (Å²) >= 11 is 0. The molecule has 172 valence electrons. The second-order valence-electron chi connectivity index (χ2n) is 10.0. The van der Waals surface area contributed by atoms with Gasteiger partial charge in [-0.05, 0) is 85.5 Å². The Bertz CT molecular complexity index is 936. The molecule has 0 N–H and O–H groups in total. The SMILES string of the molecule is CCC1CCC(CCc2ccc(-c3ccc(C4CCC(C)CC4)c(F)c3F)cc2)C=C1F. The summed E-state index contributed by atoms with van der Waals surface area (Å²) < 4.78 is 44.0. The van der Waals surface area contributed by atoms with Crippen molar-refractivity contribution in [3.63, 3.8) is 0 Å². The number of hydrogen-bond donors (Lipinski definition) is 0. The largest absolute Gasteiger partial charge is 0.212 e. The third-order valence-corrected chi connectivity index (χ3v) is 7.80. The van der Waals surface area contributed by atoms with Crippen molar-refractivity contribution in [3.05, 3.63) is 71.1 Å². The van der Waals surface area contributed by atoms with Crippen molar-refractivity contribution in [1.29, 1.82) is 0 Å². The Morgan fingerprint density at radius 3 is 2.19 bits per heavy atom. The normalized spacial score (nSPS) is 26.1. The highest BCUT2D eigenvalue weighted by atomic mass is 19.2. The average Bonchev–Trinajstić information content (AvgIpc) is 2.81. The lowest BCUT2D eigenvalue weighted by Crippen LogP contribution is -2.13. The topological polar surface area (TPSA) is 0 Å². The van der Waals surface area contributed by atoms with E-state index in [0.29, 0.717) is 28.5 Å². The first-order chi connectivity index (χ1) is 15.5. The van der Waals surface area contributed by atoms with Crippen molar-refractivity contribution in [2.45, 2.75) is 77.6 Å². The Morgan fingerprint density at radius 2 is 1.53 bits per heavy atom. The Kier molecular flexibility index (Phi) is 7.43. The van der Waals surface area contributed by atoms with Crippen LogP contribution >= 0.6 is 0 Å². The minimum absolute atomic E-state index is 0.0581. The van der Waals surface area contributed by atoms with Gasteiger partial charge in [0, 0.05) is 11.5 Å². The molecule has 0 aliphatic heterocycles. The predicted octanol–water partition coefficient (Wildman–Crippen LogP) is 9.15. The molecule has 2 unspecified atom stereocenters. The van der Waals surface area contributed by atoms with Crippen LogP contribution in [0.5, 0.6) is 0 Å². The molecule has 2 aromatic rings. The molecular weight excluding hydrogens is 405 g/mol. The van der Waals surface area contributed by atoms with Gasteiger partial charge in [-0.1, -0.05) is 63.1 Å². The quantitative estimate of drug-likeness (QED) is 0.420. The highest BCUT2D eigenvalue weighted by molar-refractivity contribution is 5.65. The maximum absolute atomic E-state index is 15.0. The summed E-state index contributed by atoms with van der Waals surface area (Å²) in [6, 6.07) is 11.2. The van der Waals surface area contributed by atoms with Crippen LogP contribution in [0.15, 0.2) is 48.3 Å². The van der Waals surface area contributed by atoms with Gasteiger partial charge in [0.05, 0.1) is 5.83 Å². The van der Waals surface area contributed by atoms with Crippen LogP contribution in [0.25, 0.3) is 11.1 Å². The van der Waals surface area contributed by atoms with E-state index in [1.807, 2.05) is 37.3 Å². The molecule has 2 aromatic carbocycles. The third kappa shape index (κ3) is 5.13. The van der Waals surface area contributed by atoms with Crippen LogP contribution in [-0.4, -0.2) is 0 Å². The summed E-state index contributed by atoms with van der Waals surface area (Å²) in [4.78, 5) is 0. The summed E-state index contributed by atoms with van der Waals surface area (Å²) in [5.41, 5.74) is 2.70. The lowest BCUT2D eigenvalue weighted by Gasteiger charge is -2.27. The Labute approximate surface area is 190 Å². The van der Waals surface area contributed by atoms with Gasteiger partial charge in [-0.2, -0.15) is 0 Å². The zero-order valence-electron chi connectivity index (χ0n) is 19.3. The van der Waals surface area contributed by atoms with Crippen molar-refractivity contribution >= 4 is 0 Å². The molecule has 0 aromatic heterocycles. The molecule has 0 spiro atoms. The van der Waals surface area contributed by atoms with Crippen molar-refractivity contribution < 1.29 is 13.2 Å². The van der Waals surface area contributed by atoms with Gasteiger partial charge in [0.25, 0.3) is 0 Å². The minimum Gasteiger partial charge on any atom is -0.212 e. The smallest absolute Gasteiger partial charge is 0.166 e. The molecule has 4 rings (SSSR count). The van der Waals surface area contributed by atoms with Crippen molar-refractivity contribution in [1.82, 2.24) is 0 Å². The molecule has 1 saturated carbocycles. The fourth-order valence-corrected chi connectivity index (χ4v) is 5.50. The third-order valence-electron chi connectivity index (χ3n) is 7.80. The summed E-state index contributed by atoms with van der Waals surface area (Å²) in [5, 5.41) is 0. The lowest BCUT2D eigenvalue weighted by molar-refractivity contribution is 0.339. The van der Waals surface area contributed by atoms with E-state index in [9.17, 15) is 13.2 Å². The van der Waals surface area contributed by atoms with Gasteiger partial charge in [0.2, 0.25) is 0 Å². The van der Waals surface area contributed by atoms with Crippen LogP contribution in [0, 0.1) is 29.4 Å². The molecule has 1 fully saturated rings. The van der Waals surface area contributed by atoms with E-state index >= 15 is 0 Å². The fourth-order valence-electron chi connectivity index (χ4n) is 5.50. The molecule has 0 radical (unpaired) electrons. The van der Waals surface area contributed by atoms with Gasteiger partial charge in [-0.15, -0.1) is 0 Å². The van der Waals surface area contributed by atoms with Gasteiger partial charge in [-0.25, -0.2) is 13.2 Å². The Hall–Kier alpha value is -2.03. The van der Waals surface area contributed by atoms with Gasteiger partial charge in [0.1, 0.15) is 0 Å². The van der Waals surface area contributed by atoms with E-state index in [0.717, 1.165) is 63.4 Å². The maximum Gasteiger partial charge on any atom is 0.166 e.